The Morgan fingerprint density at radius 3 is 3.09 bits per heavy atom. The molecule has 0 radical (unpaired) electrons. The van der Waals surface area contributed by atoms with E-state index in [1.807, 2.05) is 30.5 Å². The van der Waals surface area contributed by atoms with Crippen LogP contribution in [0.3, 0.4) is 0 Å². The summed E-state index contributed by atoms with van der Waals surface area (Å²) in [6.07, 6.45) is 7.89. The van der Waals surface area contributed by atoms with E-state index in [0.29, 0.717) is 11.7 Å². The number of aryl methyl sites for hydroxylation is 1. The van der Waals surface area contributed by atoms with Crippen molar-refractivity contribution < 1.29 is 4.79 Å². The van der Waals surface area contributed by atoms with Gasteiger partial charge in [-0.15, -0.1) is 0 Å². The molecule has 1 amide bonds. The Labute approximate surface area is 129 Å². The fraction of sp³-hybridized carbons (Fsp3) is 0.533. The van der Waals surface area contributed by atoms with Crippen LogP contribution in [0.25, 0.3) is 0 Å². The van der Waals surface area contributed by atoms with Crippen molar-refractivity contribution in [1.82, 2.24) is 29.5 Å². The summed E-state index contributed by atoms with van der Waals surface area (Å²) in [5, 5.41) is 7.02. The number of rotatable bonds is 4. The Morgan fingerprint density at radius 1 is 1.50 bits per heavy atom. The van der Waals surface area contributed by atoms with E-state index in [1.54, 1.807) is 13.1 Å². The minimum atomic E-state index is -0.138. The number of aromatic nitrogens is 4. The summed E-state index contributed by atoms with van der Waals surface area (Å²) in [5.41, 5.74) is 1.69. The molecule has 2 aromatic rings. The standard InChI is InChI=1S/C15H22N6O/c1-16-15(22)14-5-7-21(18-14)12-4-3-6-20(9-12)10-13-8-17-11-19(13)2/h5,7-8,11-12H,3-4,6,9-10H2,1-2H3,(H,16,22)/t12-/m0/s1. The Kier molecular flexibility index (Phi) is 4.24. The Hall–Kier alpha value is -2.15. The fourth-order valence-corrected chi connectivity index (χ4v) is 2.95. The predicted molar refractivity (Wildman–Crippen MR) is 82.4 cm³/mol. The lowest BCUT2D eigenvalue weighted by Crippen LogP contribution is -2.36. The molecule has 0 saturated carbocycles. The summed E-state index contributed by atoms with van der Waals surface area (Å²) in [5.74, 6) is -0.138. The van der Waals surface area contributed by atoms with E-state index in [2.05, 4.69) is 24.9 Å². The zero-order chi connectivity index (χ0) is 15.5. The van der Waals surface area contributed by atoms with Crippen molar-refractivity contribution in [3.63, 3.8) is 0 Å². The minimum Gasteiger partial charge on any atom is -0.354 e. The highest BCUT2D eigenvalue weighted by Crippen LogP contribution is 2.22. The molecule has 0 spiro atoms. The number of imidazole rings is 1. The molecule has 22 heavy (non-hydrogen) atoms. The molecule has 1 N–H and O–H groups in total. The zero-order valence-corrected chi connectivity index (χ0v) is 13.1. The smallest absolute Gasteiger partial charge is 0.271 e. The first-order valence-corrected chi connectivity index (χ1v) is 7.62. The Morgan fingerprint density at radius 2 is 2.36 bits per heavy atom. The monoisotopic (exact) mass is 302 g/mol. The van der Waals surface area contributed by atoms with Crippen molar-refractivity contribution in [2.45, 2.75) is 25.4 Å². The van der Waals surface area contributed by atoms with E-state index in [4.69, 9.17) is 0 Å². The lowest BCUT2D eigenvalue weighted by Gasteiger charge is -2.32. The van der Waals surface area contributed by atoms with Crippen LogP contribution < -0.4 is 5.32 Å². The third-order valence-corrected chi connectivity index (χ3v) is 4.22. The van der Waals surface area contributed by atoms with Crippen molar-refractivity contribution >= 4 is 5.91 Å². The van der Waals surface area contributed by atoms with Gasteiger partial charge in [-0.3, -0.25) is 14.4 Å². The first-order chi connectivity index (χ1) is 10.7. The lowest BCUT2D eigenvalue weighted by atomic mass is 10.1. The maximum Gasteiger partial charge on any atom is 0.271 e. The highest BCUT2D eigenvalue weighted by molar-refractivity contribution is 5.91. The van der Waals surface area contributed by atoms with Crippen molar-refractivity contribution in [2.75, 3.05) is 20.1 Å². The van der Waals surface area contributed by atoms with Crippen molar-refractivity contribution in [2.24, 2.45) is 7.05 Å². The first-order valence-electron chi connectivity index (χ1n) is 7.62. The maximum atomic E-state index is 11.6. The first kappa shape index (κ1) is 14.8. The lowest BCUT2D eigenvalue weighted by molar-refractivity contribution is 0.0955. The molecule has 2 aromatic heterocycles. The van der Waals surface area contributed by atoms with Crippen LogP contribution >= 0.6 is 0 Å². The summed E-state index contributed by atoms with van der Waals surface area (Å²) in [6.45, 7) is 2.93. The number of hydrogen-bond donors (Lipinski definition) is 1. The van der Waals surface area contributed by atoms with Crippen LogP contribution in [-0.4, -0.2) is 50.3 Å². The molecular formula is C15H22N6O. The average Bonchev–Trinajstić information content (AvgIpc) is 3.17. The molecule has 118 valence electrons. The van der Waals surface area contributed by atoms with Crippen LogP contribution in [0.15, 0.2) is 24.8 Å². The van der Waals surface area contributed by atoms with Crippen molar-refractivity contribution in [3.8, 4) is 0 Å². The summed E-state index contributed by atoms with van der Waals surface area (Å²) in [7, 11) is 3.64. The SMILES string of the molecule is CNC(=O)c1ccn([C@H]2CCCN(Cc3cncn3C)C2)n1. The molecule has 1 atom stereocenters. The Bertz CT molecular complexity index is 646. The van der Waals surface area contributed by atoms with Gasteiger partial charge in [0.1, 0.15) is 5.69 Å². The van der Waals surface area contributed by atoms with Gasteiger partial charge in [0.05, 0.1) is 18.1 Å². The van der Waals surface area contributed by atoms with Crippen LogP contribution in [0.5, 0.6) is 0 Å². The zero-order valence-electron chi connectivity index (χ0n) is 13.1. The van der Waals surface area contributed by atoms with Gasteiger partial charge in [0, 0.05) is 39.6 Å². The third-order valence-electron chi connectivity index (χ3n) is 4.22. The van der Waals surface area contributed by atoms with E-state index in [1.165, 1.54) is 5.69 Å². The second-order valence-corrected chi connectivity index (χ2v) is 5.79. The molecule has 0 bridgehead atoms. The summed E-state index contributed by atoms with van der Waals surface area (Å²) in [6, 6.07) is 2.10. The van der Waals surface area contributed by atoms with E-state index in [0.717, 1.165) is 32.5 Å². The van der Waals surface area contributed by atoms with Crippen molar-refractivity contribution in [3.05, 3.63) is 36.2 Å². The summed E-state index contributed by atoms with van der Waals surface area (Å²) < 4.78 is 3.99. The van der Waals surface area contributed by atoms with Crippen LogP contribution in [-0.2, 0) is 13.6 Å². The topological polar surface area (TPSA) is 68.0 Å². The molecular weight excluding hydrogens is 280 g/mol. The second-order valence-electron chi connectivity index (χ2n) is 5.79. The number of carbonyl (C=O) groups excluding carboxylic acids is 1. The highest BCUT2D eigenvalue weighted by Gasteiger charge is 2.23. The largest absolute Gasteiger partial charge is 0.354 e. The molecule has 7 heteroatoms. The number of amides is 1. The van der Waals surface area contributed by atoms with Gasteiger partial charge in [0.2, 0.25) is 0 Å². The van der Waals surface area contributed by atoms with Gasteiger partial charge < -0.3 is 9.88 Å². The van der Waals surface area contributed by atoms with Crippen LogP contribution in [0.4, 0.5) is 0 Å². The van der Waals surface area contributed by atoms with Gasteiger partial charge in [0.15, 0.2) is 0 Å². The second kappa shape index (κ2) is 6.31. The summed E-state index contributed by atoms with van der Waals surface area (Å²) >= 11 is 0. The molecule has 1 aliphatic heterocycles. The normalized spacial score (nSPS) is 19.3. The van der Waals surface area contributed by atoms with E-state index in [9.17, 15) is 4.79 Å². The number of carbonyl (C=O) groups is 1. The van der Waals surface area contributed by atoms with Gasteiger partial charge in [-0.1, -0.05) is 0 Å². The number of nitrogens with one attached hydrogen (secondary N) is 1. The maximum absolute atomic E-state index is 11.6. The molecule has 3 heterocycles. The van der Waals surface area contributed by atoms with Gasteiger partial charge in [-0.25, -0.2) is 4.98 Å². The van der Waals surface area contributed by atoms with Crippen LogP contribution in [0, 0.1) is 0 Å². The van der Waals surface area contributed by atoms with Crippen molar-refractivity contribution in [1.29, 1.82) is 0 Å². The quantitative estimate of drug-likeness (QED) is 0.907. The molecule has 7 nitrogen and oxygen atoms in total. The molecule has 1 fully saturated rings. The molecule has 0 unspecified atom stereocenters. The Balaban J connectivity index is 1.66. The molecule has 1 saturated heterocycles. The molecule has 1 aliphatic rings. The number of likely N-dealkylation sites (tertiary alicyclic amines) is 1. The predicted octanol–water partition coefficient (Wildman–Crippen LogP) is 0.813. The average molecular weight is 302 g/mol. The van der Waals surface area contributed by atoms with Gasteiger partial charge in [0.25, 0.3) is 5.91 Å². The number of piperidine rings is 1. The minimum absolute atomic E-state index is 0.138. The van der Waals surface area contributed by atoms with Gasteiger partial charge in [-0.2, -0.15) is 5.10 Å². The van der Waals surface area contributed by atoms with Crippen LogP contribution in [0.2, 0.25) is 0 Å². The molecule has 3 rings (SSSR count). The van der Waals surface area contributed by atoms with E-state index >= 15 is 0 Å². The third kappa shape index (κ3) is 3.04. The van der Waals surface area contributed by atoms with E-state index < -0.39 is 0 Å². The van der Waals surface area contributed by atoms with Gasteiger partial charge in [-0.05, 0) is 25.5 Å². The summed E-state index contributed by atoms with van der Waals surface area (Å²) in [4.78, 5) is 18.2. The fourth-order valence-electron chi connectivity index (χ4n) is 2.95. The molecule has 0 aromatic carbocycles. The van der Waals surface area contributed by atoms with E-state index in [-0.39, 0.29) is 5.91 Å². The number of nitrogens with zero attached hydrogens (tertiary/aromatic N) is 5. The highest BCUT2D eigenvalue weighted by atomic mass is 16.1. The number of hydrogen-bond acceptors (Lipinski definition) is 4. The molecule has 0 aliphatic carbocycles. The van der Waals surface area contributed by atoms with Gasteiger partial charge >= 0.3 is 0 Å². The van der Waals surface area contributed by atoms with Crippen LogP contribution in [0.1, 0.15) is 35.1 Å².